The number of hydrogen-bond donors (Lipinski definition) is 0. The van der Waals surface area contributed by atoms with Gasteiger partial charge in [0, 0.05) is 24.7 Å². The van der Waals surface area contributed by atoms with Crippen LogP contribution in [0, 0.1) is 5.92 Å². The van der Waals surface area contributed by atoms with Gasteiger partial charge in [-0.15, -0.1) is 0 Å². The van der Waals surface area contributed by atoms with E-state index in [9.17, 15) is 13.2 Å². The lowest BCUT2D eigenvalue weighted by molar-refractivity contribution is -0.136. The molecule has 0 radical (unpaired) electrons. The summed E-state index contributed by atoms with van der Waals surface area (Å²) in [7, 11) is -3.14. The van der Waals surface area contributed by atoms with Gasteiger partial charge in [0.05, 0.1) is 12.2 Å². The Morgan fingerprint density at radius 3 is 2.63 bits per heavy atom. The molecule has 3 aliphatic heterocycles. The number of hydrogen-bond acceptors (Lipinski definition) is 4. The fourth-order valence-corrected chi connectivity index (χ4v) is 7.51. The number of halogens is 1. The van der Waals surface area contributed by atoms with Crippen LogP contribution in [0.1, 0.15) is 31.2 Å². The van der Waals surface area contributed by atoms with Crippen LogP contribution in [-0.2, 0) is 21.1 Å². The van der Waals surface area contributed by atoms with Gasteiger partial charge >= 0.3 is 0 Å². The molecule has 1 unspecified atom stereocenters. The van der Waals surface area contributed by atoms with E-state index < -0.39 is 14.6 Å². The summed E-state index contributed by atoms with van der Waals surface area (Å²) in [6.45, 7) is 3.71. The van der Waals surface area contributed by atoms with Gasteiger partial charge in [-0.3, -0.25) is 4.79 Å². The summed E-state index contributed by atoms with van der Waals surface area (Å²) in [5, 5.41) is 0.611. The van der Waals surface area contributed by atoms with Crippen LogP contribution < -0.4 is 0 Å². The molecule has 0 N–H and O–H groups in total. The standard InChI is InChI=1S/C20H27ClN2O3S/c21-18-6-4-5-16(11-18)12-19(24)23-14-20(15-23)17(7-10-27(20,25)26)13-22-8-2-1-3-9-22/h4-6,11,17H,1-3,7-10,12-15H2. The third-order valence-corrected chi connectivity index (χ3v) is 9.38. The van der Waals surface area contributed by atoms with Crippen molar-refractivity contribution in [3.05, 3.63) is 34.9 Å². The lowest BCUT2D eigenvalue weighted by atomic mass is 9.82. The van der Waals surface area contributed by atoms with Gasteiger partial charge in [0.15, 0.2) is 9.84 Å². The van der Waals surface area contributed by atoms with Gasteiger partial charge in [-0.25, -0.2) is 8.42 Å². The number of amides is 1. The Labute approximate surface area is 166 Å². The highest BCUT2D eigenvalue weighted by Crippen LogP contribution is 2.45. The summed E-state index contributed by atoms with van der Waals surface area (Å²) in [4.78, 5) is 16.8. The molecule has 27 heavy (non-hydrogen) atoms. The normalized spacial score (nSPS) is 26.9. The fourth-order valence-electron chi connectivity index (χ4n) is 4.89. The Morgan fingerprint density at radius 1 is 1.19 bits per heavy atom. The highest BCUT2D eigenvalue weighted by Gasteiger charge is 2.62. The number of benzene rings is 1. The first-order chi connectivity index (χ1) is 12.9. The zero-order valence-corrected chi connectivity index (χ0v) is 17.1. The number of carbonyl (C=O) groups is 1. The fraction of sp³-hybridized carbons (Fsp3) is 0.650. The summed E-state index contributed by atoms with van der Waals surface area (Å²) < 4.78 is 24.9. The Hall–Kier alpha value is -1.11. The highest BCUT2D eigenvalue weighted by molar-refractivity contribution is 7.93. The predicted octanol–water partition coefficient (Wildman–Crippen LogP) is 2.38. The maximum atomic E-state index is 12.8. The molecule has 148 valence electrons. The minimum absolute atomic E-state index is 0.0123. The van der Waals surface area contributed by atoms with Crippen LogP contribution in [0.4, 0.5) is 0 Å². The van der Waals surface area contributed by atoms with Gasteiger partial charge in [0.25, 0.3) is 0 Å². The average molecular weight is 411 g/mol. The number of likely N-dealkylation sites (tertiary alicyclic amines) is 2. The topological polar surface area (TPSA) is 57.7 Å². The van der Waals surface area contributed by atoms with Crippen LogP contribution in [0.15, 0.2) is 24.3 Å². The third-order valence-electron chi connectivity index (χ3n) is 6.54. The van der Waals surface area contributed by atoms with Gasteiger partial charge in [-0.05, 0) is 56.0 Å². The molecule has 0 aromatic heterocycles. The van der Waals surface area contributed by atoms with Gasteiger partial charge in [0.2, 0.25) is 5.91 Å². The number of nitrogens with zero attached hydrogens (tertiary/aromatic N) is 2. The van der Waals surface area contributed by atoms with E-state index in [1.807, 2.05) is 12.1 Å². The van der Waals surface area contributed by atoms with E-state index >= 15 is 0 Å². The number of piperidine rings is 1. The minimum atomic E-state index is -3.14. The van der Waals surface area contributed by atoms with Gasteiger partial charge in [-0.2, -0.15) is 0 Å². The van der Waals surface area contributed by atoms with E-state index in [-0.39, 0.29) is 24.0 Å². The molecule has 3 heterocycles. The van der Waals surface area contributed by atoms with Crippen molar-refractivity contribution >= 4 is 27.3 Å². The second-order valence-electron chi connectivity index (χ2n) is 8.29. The van der Waals surface area contributed by atoms with Gasteiger partial charge in [-0.1, -0.05) is 30.2 Å². The summed E-state index contributed by atoms with van der Waals surface area (Å²) in [5.74, 6) is 0.402. The van der Waals surface area contributed by atoms with E-state index in [1.165, 1.54) is 19.3 Å². The first-order valence-corrected chi connectivity index (χ1v) is 11.9. The largest absolute Gasteiger partial charge is 0.339 e. The molecule has 5 nitrogen and oxygen atoms in total. The monoisotopic (exact) mass is 410 g/mol. The number of carbonyl (C=O) groups excluding carboxylic acids is 1. The van der Waals surface area contributed by atoms with Crippen LogP contribution in [0.3, 0.4) is 0 Å². The second-order valence-corrected chi connectivity index (χ2v) is 11.2. The Bertz CT molecular complexity index is 814. The average Bonchev–Trinajstić information content (AvgIpc) is 2.85. The van der Waals surface area contributed by atoms with Crippen molar-refractivity contribution in [1.82, 2.24) is 9.80 Å². The Morgan fingerprint density at radius 2 is 1.93 bits per heavy atom. The third kappa shape index (κ3) is 3.64. The number of rotatable bonds is 4. The molecule has 0 bridgehead atoms. The summed E-state index contributed by atoms with van der Waals surface area (Å²) in [5.41, 5.74) is 0.868. The molecule has 0 aliphatic carbocycles. The second kappa shape index (κ2) is 7.37. The molecule has 3 saturated heterocycles. The van der Waals surface area contributed by atoms with E-state index in [2.05, 4.69) is 4.90 Å². The van der Waals surface area contributed by atoms with Gasteiger partial charge < -0.3 is 9.80 Å². The highest BCUT2D eigenvalue weighted by atomic mass is 35.5. The molecule has 4 rings (SSSR count). The summed E-state index contributed by atoms with van der Waals surface area (Å²) in [6.07, 6.45) is 4.69. The summed E-state index contributed by atoms with van der Waals surface area (Å²) in [6, 6.07) is 7.29. The van der Waals surface area contributed by atoms with Crippen LogP contribution in [0.5, 0.6) is 0 Å². The van der Waals surface area contributed by atoms with Crippen molar-refractivity contribution in [3.63, 3.8) is 0 Å². The van der Waals surface area contributed by atoms with E-state index in [4.69, 9.17) is 11.6 Å². The van der Waals surface area contributed by atoms with E-state index in [0.717, 1.165) is 31.6 Å². The van der Waals surface area contributed by atoms with Crippen LogP contribution in [0.2, 0.25) is 5.02 Å². The van der Waals surface area contributed by atoms with Crippen molar-refractivity contribution in [2.75, 3.05) is 38.5 Å². The number of sulfone groups is 1. The first kappa shape index (κ1) is 19.2. The van der Waals surface area contributed by atoms with Gasteiger partial charge in [0.1, 0.15) is 4.75 Å². The van der Waals surface area contributed by atoms with E-state index in [1.54, 1.807) is 17.0 Å². The lowest BCUT2D eigenvalue weighted by Gasteiger charge is -2.51. The molecular formula is C20H27ClN2O3S. The molecule has 1 amide bonds. The SMILES string of the molecule is O=C(Cc1cccc(Cl)c1)N1CC2(C1)C(CN1CCCCC1)CCS2(=O)=O. The zero-order valence-electron chi connectivity index (χ0n) is 15.6. The molecule has 3 fully saturated rings. The van der Waals surface area contributed by atoms with Crippen LogP contribution in [-0.4, -0.2) is 67.3 Å². The lowest BCUT2D eigenvalue weighted by Crippen LogP contribution is -2.69. The molecule has 1 aromatic rings. The maximum absolute atomic E-state index is 12.8. The smallest absolute Gasteiger partial charge is 0.227 e. The molecular weight excluding hydrogens is 384 g/mol. The van der Waals surface area contributed by atoms with Crippen molar-refractivity contribution < 1.29 is 13.2 Å². The minimum Gasteiger partial charge on any atom is -0.339 e. The summed E-state index contributed by atoms with van der Waals surface area (Å²) >= 11 is 5.99. The van der Waals surface area contributed by atoms with Crippen molar-refractivity contribution in [1.29, 1.82) is 0 Å². The maximum Gasteiger partial charge on any atom is 0.227 e. The molecule has 1 atom stereocenters. The Kier molecular flexibility index (Phi) is 5.25. The Balaban J connectivity index is 1.42. The predicted molar refractivity (Wildman–Crippen MR) is 107 cm³/mol. The first-order valence-electron chi connectivity index (χ1n) is 9.86. The zero-order chi connectivity index (χ0) is 19.1. The molecule has 3 aliphatic rings. The van der Waals surface area contributed by atoms with Crippen molar-refractivity contribution in [3.8, 4) is 0 Å². The van der Waals surface area contributed by atoms with Crippen molar-refractivity contribution in [2.45, 2.75) is 36.9 Å². The van der Waals surface area contributed by atoms with Crippen LogP contribution >= 0.6 is 11.6 Å². The van der Waals surface area contributed by atoms with Crippen molar-refractivity contribution in [2.24, 2.45) is 5.92 Å². The van der Waals surface area contributed by atoms with E-state index in [0.29, 0.717) is 18.1 Å². The molecule has 0 saturated carbocycles. The molecule has 1 aromatic carbocycles. The van der Waals surface area contributed by atoms with Crippen LogP contribution in [0.25, 0.3) is 0 Å². The molecule has 1 spiro atoms. The quantitative estimate of drug-likeness (QED) is 0.764. The molecule has 7 heteroatoms.